The average molecular weight is 330 g/mol. The van der Waals surface area contributed by atoms with Gasteiger partial charge in [-0.25, -0.2) is 9.18 Å². The lowest BCUT2D eigenvalue weighted by Gasteiger charge is -2.07. The molecule has 2 amide bonds. The summed E-state index contributed by atoms with van der Waals surface area (Å²) in [5.41, 5.74) is 2.46. The van der Waals surface area contributed by atoms with Crippen molar-refractivity contribution in [3.05, 3.63) is 65.5 Å². The third-order valence-electron chi connectivity index (χ3n) is 3.43. The molecule has 0 saturated heterocycles. The molecule has 0 aliphatic rings. The number of benzene rings is 2. The minimum atomic E-state index is -0.531. The fourth-order valence-corrected chi connectivity index (χ4v) is 2.07. The number of anilines is 1. The Labute approximate surface area is 139 Å². The van der Waals surface area contributed by atoms with Crippen molar-refractivity contribution in [2.45, 2.75) is 19.4 Å². The average Bonchev–Trinajstić information content (AvgIpc) is 2.60. The second kappa shape index (κ2) is 8.67. The number of methoxy groups -OCH3 is 1. The van der Waals surface area contributed by atoms with Crippen molar-refractivity contribution in [1.29, 1.82) is 0 Å². The Hall–Kier alpha value is -2.89. The largest absolute Gasteiger partial charge is 0.453 e. The number of hydrogen-bond acceptors (Lipinski definition) is 3. The first-order valence-electron chi connectivity index (χ1n) is 7.52. The van der Waals surface area contributed by atoms with Crippen LogP contribution in [0.2, 0.25) is 0 Å². The van der Waals surface area contributed by atoms with Crippen molar-refractivity contribution in [3.63, 3.8) is 0 Å². The summed E-state index contributed by atoms with van der Waals surface area (Å²) in [5.74, 6) is -0.357. The van der Waals surface area contributed by atoms with Gasteiger partial charge in [-0.3, -0.25) is 10.1 Å². The first-order chi connectivity index (χ1) is 11.6. The zero-order valence-electron chi connectivity index (χ0n) is 13.3. The van der Waals surface area contributed by atoms with Gasteiger partial charge in [0, 0.05) is 18.7 Å². The Morgan fingerprint density at radius 1 is 1.00 bits per heavy atom. The van der Waals surface area contributed by atoms with Crippen molar-refractivity contribution in [1.82, 2.24) is 5.32 Å². The smallest absolute Gasteiger partial charge is 0.411 e. The molecule has 0 unspecified atom stereocenters. The Morgan fingerprint density at radius 2 is 1.62 bits per heavy atom. The van der Waals surface area contributed by atoms with Gasteiger partial charge in [-0.2, -0.15) is 0 Å². The maximum Gasteiger partial charge on any atom is 0.411 e. The maximum absolute atomic E-state index is 12.8. The fraction of sp³-hybridized carbons (Fsp3) is 0.222. The number of aryl methyl sites for hydroxylation is 1. The van der Waals surface area contributed by atoms with Crippen molar-refractivity contribution in [2.75, 3.05) is 12.4 Å². The number of carbonyl (C=O) groups is 2. The van der Waals surface area contributed by atoms with Gasteiger partial charge in [0.05, 0.1) is 7.11 Å². The van der Waals surface area contributed by atoms with E-state index in [1.165, 1.54) is 19.2 Å². The van der Waals surface area contributed by atoms with Gasteiger partial charge < -0.3 is 10.1 Å². The highest BCUT2D eigenvalue weighted by Gasteiger charge is 2.04. The highest BCUT2D eigenvalue weighted by molar-refractivity contribution is 5.84. The van der Waals surface area contributed by atoms with E-state index in [2.05, 4.69) is 15.4 Å². The maximum atomic E-state index is 12.8. The van der Waals surface area contributed by atoms with Crippen LogP contribution in [0.25, 0.3) is 0 Å². The molecule has 0 radical (unpaired) electrons. The lowest BCUT2D eigenvalue weighted by atomic mass is 10.1. The standard InChI is InChI=1S/C18H19FN2O3/c1-24-18(23)21-16-9-4-14(5-10-16)12-20-17(22)11-6-13-2-7-15(19)8-3-13/h2-5,7-10H,6,11-12H2,1H3,(H,20,22)(H,21,23). The Balaban J connectivity index is 1.75. The summed E-state index contributed by atoms with van der Waals surface area (Å²) in [4.78, 5) is 22.9. The van der Waals surface area contributed by atoms with Crippen molar-refractivity contribution in [2.24, 2.45) is 0 Å². The zero-order chi connectivity index (χ0) is 17.4. The van der Waals surface area contributed by atoms with Gasteiger partial charge >= 0.3 is 6.09 Å². The van der Waals surface area contributed by atoms with E-state index < -0.39 is 6.09 Å². The molecule has 24 heavy (non-hydrogen) atoms. The lowest BCUT2D eigenvalue weighted by molar-refractivity contribution is -0.121. The predicted octanol–water partition coefficient (Wildman–Crippen LogP) is 3.25. The Morgan fingerprint density at radius 3 is 2.25 bits per heavy atom. The summed E-state index contributed by atoms with van der Waals surface area (Å²) >= 11 is 0. The van der Waals surface area contributed by atoms with E-state index in [4.69, 9.17) is 0 Å². The molecular formula is C18H19FN2O3. The molecule has 2 N–H and O–H groups in total. The van der Waals surface area contributed by atoms with E-state index in [1.807, 2.05) is 12.1 Å². The second-order valence-corrected chi connectivity index (χ2v) is 5.22. The van der Waals surface area contributed by atoms with Crippen LogP contribution in [0.4, 0.5) is 14.9 Å². The number of rotatable bonds is 6. The van der Waals surface area contributed by atoms with Crippen LogP contribution in [0.5, 0.6) is 0 Å². The molecule has 2 rings (SSSR count). The van der Waals surface area contributed by atoms with Gasteiger partial charge in [0.15, 0.2) is 0 Å². The highest BCUT2D eigenvalue weighted by atomic mass is 19.1. The van der Waals surface area contributed by atoms with Gasteiger partial charge in [-0.15, -0.1) is 0 Å². The second-order valence-electron chi connectivity index (χ2n) is 5.22. The molecule has 0 aromatic heterocycles. The van der Waals surface area contributed by atoms with Crippen molar-refractivity contribution in [3.8, 4) is 0 Å². The summed E-state index contributed by atoms with van der Waals surface area (Å²) in [6, 6.07) is 13.2. The number of ether oxygens (including phenoxy) is 1. The summed E-state index contributed by atoms with van der Waals surface area (Å²) in [6.07, 6.45) is 0.374. The first kappa shape index (κ1) is 17.5. The molecule has 0 aliphatic heterocycles. The minimum Gasteiger partial charge on any atom is -0.453 e. The van der Waals surface area contributed by atoms with Crippen LogP contribution in [0.1, 0.15) is 17.5 Å². The van der Waals surface area contributed by atoms with Crippen LogP contribution in [-0.4, -0.2) is 19.1 Å². The highest BCUT2D eigenvalue weighted by Crippen LogP contribution is 2.10. The van der Waals surface area contributed by atoms with Gasteiger partial charge in [-0.05, 0) is 41.8 Å². The molecule has 2 aromatic carbocycles. The number of halogens is 1. The molecular weight excluding hydrogens is 311 g/mol. The molecule has 6 heteroatoms. The molecule has 126 valence electrons. The summed E-state index contributed by atoms with van der Waals surface area (Å²) < 4.78 is 17.3. The lowest BCUT2D eigenvalue weighted by Crippen LogP contribution is -2.23. The van der Waals surface area contributed by atoms with Crippen LogP contribution in [0.15, 0.2) is 48.5 Å². The number of carbonyl (C=O) groups excluding carboxylic acids is 2. The van der Waals surface area contributed by atoms with Crippen molar-refractivity contribution < 1.29 is 18.7 Å². The van der Waals surface area contributed by atoms with Gasteiger partial charge in [-0.1, -0.05) is 24.3 Å². The van der Waals surface area contributed by atoms with E-state index in [1.54, 1.807) is 24.3 Å². The molecule has 0 saturated carbocycles. The quantitative estimate of drug-likeness (QED) is 0.854. The molecule has 5 nitrogen and oxygen atoms in total. The van der Waals surface area contributed by atoms with E-state index in [0.717, 1.165) is 11.1 Å². The topological polar surface area (TPSA) is 67.4 Å². The first-order valence-corrected chi connectivity index (χ1v) is 7.52. The summed E-state index contributed by atoms with van der Waals surface area (Å²) in [7, 11) is 1.30. The molecule has 0 heterocycles. The van der Waals surface area contributed by atoms with E-state index in [-0.39, 0.29) is 11.7 Å². The van der Waals surface area contributed by atoms with Crippen LogP contribution < -0.4 is 10.6 Å². The molecule has 2 aromatic rings. The molecule has 0 atom stereocenters. The molecule has 0 bridgehead atoms. The summed E-state index contributed by atoms with van der Waals surface area (Å²) in [5, 5.41) is 5.38. The third kappa shape index (κ3) is 5.72. The van der Waals surface area contributed by atoms with Gasteiger partial charge in [0.2, 0.25) is 5.91 Å². The van der Waals surface area contributed by atoms with Gasteiger partial charge in [0.25, 0.3) is 0 Å². The monoisotopic (exact) mass is 330 g/mol. The molecule has 0 aliphatic carbocycles. The zero-order valence-corrected chi connectivity index (χ0v) is 13.3. The number of nitrogens with one attached hydrogen (secondary N) is 2. The fourth-order valence-electron chi connectivity index (χ4n) is 2.07. The normalized spacial score (nSPS) is 10.1. The molecule has 0 spiro atoms. The molecule has 0 fully saturated rings. The van der Waals surface area contributed by atoms with Crippen LogP contribution in [0, 0.1) is 5.82 Å². The van der Waals surface area contributed by atoms with E-state index in [0.29, 0.717) is 25.1 Å². The third-order valence-corrected chi connectivity index (χ3v) is 3.43. The van der Waals surface area contributed by atoms with Crippen LogP contribution in [-0.2, 0) is 22.5 Å². The van der Waals surface area contributed by atoms with E-state index in [9.17, 15) is 14.0 Å². The number of amides is 2. The minimum absolute atomic E-state index is 0.0731. The SMILES string of the molecule is COC(=O)Nc1ccc(CNC(=O)CCc2ccc(F)cc2)cc1. The van der Waals surface area contributed by atoms with Gasteiger partial charge in [0.1, 0.15) is 5.82 Å². The van der Waals surface area contributed by atoms with Crippen molar-refractivity contribution >= 4 is 17.7 Å². The summed E-state index contributed by atoms with van der Waals surface area (Å²) in [6.45, 7) is 0.404. The number of hydrogen-bond donors (Lipinski definition) is 2. The predicted molar refractivity (Wildman–Crippen MR) is 89.0 cm³/mol. The van der Waals surface area contributed by atoms with Crippen LogP contribution >= 0.6 is 0 Å². The Kier molecular flexibility index (Phi) is 6.31. The van der Waals surface area contributed by atoms with Crippen LogP contribution in [0.3, 0.4) is 0 Å². The Bertz CT molecular complexity index is 684. The van der Waals surface area contributed by atoms with E-state index >= 15 is 0 Å².